The van der Waals surface area contributed by atoms with Crippen molar-refractivity contribution in [2.75, 3.05) is 0 Å². The molecule has 3 heterocycles. The third kappa shape index (κ3) is 4.07. The standard InChI is InChI=1S/C27H25N3O3.C2H6/c1-16-28-26(33-29-16)20-13-18-9-5-6-10-21(18)25-24(17-7-3-2-4-8-17)22-12-11-19(27(31)32)14-23(22)30(25)15-20;1-2/h5-6,9-14,17H,2-4,7-8,15H2,1H3,(H,31,32);1-2H3. The molecule has 1 saturated carbocycles. The van der Waals surface area contributed by atoms with Crippen LogP contribution in [0.25, 0.3) is 33.8 Å². The van der Waals surface area contributed by atoms with Crippen molar-refractivity contribution in [2.24, 2.45) is 0 Å². The van der Waals surface area contributed by atoms with E-state index < -0.39 is 5.97 Å². The Morgan fingerprint density at radius 3 is 2.57 bits per heavy atom. The first-order valence-electron chi connectivity index (χ1n) is 12.6. The zero-order valence-electron chi connectivity index (χ0n) is 20.5. The Kier molecular flexibility index (Phi) is 6.29. The van der Waals surface area contributed by atoms with Gasteiger partial charge in [-0.2, -0.15) is 4.98 Å². The summed E-state index contributed by atoms with van der Waals surface area (Å²) in [6.45, 7) is 6.35. The molecule has 1 aliphatic heterocycles. The Morgan fingerprint density at radius 2 is 1.86 bits per heavy atom. The van der Waals surface area contributed by atoms with Gasteiger partial charge in [-0.05, 0) is 55.0 Å². The van der Waals surface area contributed by atoms with Gasteiger partial charge in [-0.3, -0.25) is 0 Å². The molecule has 6 heteroatoms. The van der Waals surface area contributed by atoms with Crippen molar-refractivity contribution >= 4 is 28.5 Å². The van der Waals surface area contributed by atoms with E-state index in [1.54, 1.807) is 6.07 Å². The lowest BCUT2D eigenvalue weighted by molar-refractivity contribution is 0.0697. The number of hydrogen-bond acceptors (Lipinski definition) is 4. The van der Waals surface area contributed by atoms with Crippen LogP contribution in [0.1, 0.15) is 85.1 Å². The molecule has 4 aromatic rings. The number of aromatic nitrogens is 3. The second-order valence-electron chi connectivity index (χ2n) is 9.12. The predicted octanol–water partition coefficient (Wildman–Crippen LogP) is 7.33. The number of benzene rings is 2. The quantitative estimate of drug-likeness (QED) is 0.340. The Balaban J connectivity index is 0.00000124. The topological polar surface area (TPSA) is 81.1 Å². The van der Waals surface area contributed by atoms with Crippen molar-refractivity contribution in [2.45, 2.75) is 65.3 Å². The molecule has 1 N–H and O–H groups in total. The number of carbonyl (C=O) groups is 1. The molecule has 0 amide bonds. The van der Waals surface area contributed by atoms with Crippen LogP contribution in [-0.4, -0.2) is 25.8 Å². The highest BCUT2D eigenvalue weighted by molar-refractivity contribution is 6.00. The van der Waals surface area contributed by atoms with Crippen molar-refractivity contribution in [3.8, 4) is 11.3 Å². The van der Waals surface area contributed by atoms with Gasteiger partial charge in [0.1, 0.15) is 0 Å². The summed E-state index contributed by atoms with van der Waals surface area (Å²) in [5, 5.41) is 14.8. The normalized spacial score (nSPS) is 15.5. The minimum Gasteiger partial charge on any atom is -0.478 e. The average molecular weight is 470 g/mol. The molecule has 2 aliphatic rings. The van der Waals surface area contributed by atoms with E-state index in [1.807, 2.05) is 39.0 Å². The number of nitrogens with zero attached hydrogens (tertiary/aromatic N) is 3. The molecule has 0 radical (unpaired) electrons. The second kappa shape index (κ2) is 9.53. The molecule has 0 bridgehead atoms. The van der Waals surface area contributed by atoms with E-state index in [0.717, 1.165) is 40.4 Å². The van der Waals surface area contributed by atoms with Gasteiger partial charge in [0.2, 0.25) is 0 Å². The average Bonchev–Trinajstić information content (AvgIpc) is 3.41. The summed E-state index contributed by atoms with van der Waals surface area (Å²) in [5.41, 5.74) is 6.99. The van der Waals surface area contributed by atoms with Crippen LogP contribution in [0.4, 0.5) is 0 Å². The van der Waals surface area contributed by atoms with E-state index in [0.29, 0.717) is 29.7 Å². The zero-order valence-corrected chi connectivity index (χ0v) is 20.5. The third-order valence-corrected chi connectivity index (χ3v) is 7.04. The van der Waals surface area contributed by atoms with Crippen LogP contribution >= 0.6 is 0 Å². The smallest absolute Gasteiger partial charge is 0.335 e. The zero-order chi connectivity index (χ0) is 24.5. The van der Waals surface area contributed by atoms with Crippen molar-refractivity contribution in [1.82, 2.24) is 14.7 Å². The van der Waals surface area contributed by atoms with Gasteiger partial charge in [0.05, 0.1) is 17.8 Å². The summed E-state index contributed by atoms with van der Waals surface area (Å²) >= 11 is 0. The van der Waals surface area contributed by atoms with Gasteiger partial charge in [0.25, 0.3) is 5.89 Å². The number of fused-ring (bicyclic) bond motifs is 5. The van der Waals surface area contributed by atoms with Crippen LogP contribution in [0, 0.1) is 6.92 Å². The Morgan fingerprint density at radius 1 is 1.09 bits per heavy atom. The maximum atomic E-state index is 11.8. The van der Waals surface area contributed by atoms with Crippen LogP contribution in [0.5, 0.6) is 0 Å². The number of carboxylic acid groups (broad SMARTS) is 1. The molecule has 6 rings (SSSR count). The molecule has 180 valence electrons. The van der Waals surface area contributed by atoms with E-state index in [-0.39, 0.29) is 0 Å². The summed E-state index contributed by atoms with van der Waals surface area (Å²) in [5.74, 6) is 0.653. The fourth-order valence-corrected chi connectivity index (χ4v) is 5.57. The first-order valence-corrected chi connectivity index (χ1v) is 12.6. The van der Waals surface area contributed by atoms with Gasteiger partial charge in [0, 0.05) is 22.0 Å². The highest BCUT2D eigenvalue weighted by Crippen LogP contribution is 2.47. The van der Waals surface area contributed by atoms with E-state index in [4.69, 9.17) is 4.52 Å². The monoisotopic (exact) mass is 469 g/mol. The minimum absolute atomic E-state index is 0.301. The van der Waals surface area contributed by atoms with Gasteiger partial charge in [-0.15, -0.1) is 0 Å². The Hall–Kier alpha value is -3.67. The number of hydrogen-bond donors (Lipinski definition) is 1. The van der Waals surface area contributed by atoms with Crippen LogP contribution in [0.3, 0.4) is 0 Å². The summed E-state index contributed by atoms with van der Waals surface area (Å²) < 4.78 is 7.82. The third-order valence-electron chi connectivity index (χ3n) is 7.04. The number of carboxylic acids is 1. The number of rotatable bonds is 3. The summed E-state index contributed by atoms with van der Waals surface area (Å²) in [4.78, 5) is 16.3. The van der Waals surface area contributed by atoms with Gasteiger partial charge < -0.3 is 14.2 Å². The first kappa shape index (κ1) is 23.1. The van der Waals surface area contributed by atoms with Crippen molar-refractivity contribution in [3.63, 3.8) is 0 Å². The van der Waals surface area contributed by atoms with Gasteiger partial charge in [-0.1, -0.05) is 68.6 Å². The van der Waals surface area contributed by atoms with E-state index in [2.05, 4.69) is 39.0 Å². The maximum Gasteiger partial charge on any atom is 0.335 e. The highest BCUT2D eigenvalue weighted by atomic mass is 16.5. The largest absolute Gasteiger partial charge is 0.478 e. The van der Waals surface area contributed by atoms with Crippen LogP contribution in [0.15, 0.2) is 47.0 Å². The highest BCUT2D eigenvalue weighted by Gasteiger charge is 2.30. The molecule has 2 aromatic carbocycles. The molecular formula is C29H31N3O3. The van der Waals surface area contributed by atoms with Crippen LogP contribution in [-0.2, 0) is 6.54 Å². The molecule has 1 fully saturated rings. The van der Waals surface area contributed by atoms with Crippen LogP contribution in [0.2, 0.25) is 0 Å². The molecule has 6 nitrogen and oxygen atoms in total. The van der Waals surface area contributed by atoms with Gasteiger partial charge >= 0.3 is 5.97 Å². The summed E-state index contributed by atoms with van der Waals surface area (Å²) in [6.07, 6.45) is 8.21. The molecule has 0 atom stereocenters. The SMILES string of the molecule is CC.Cc1noc(C2=Cc3ccccc3-c3c(C4CCCCC4)c4ccc(C(=O)O)cc4n3C2)n1. The van der Waals surface area contributed by atoms with Gasteiger partial charge in [-0.25, -0.2) is 4.79 Å². The molecule has 0 unspecified atom stereocenters. The number of aromatic carboxylic acids is 1. The number of allylic oxidation sites excluding steroid dienone is 1. The minimum atomic E-state index is -0.913. The fraction of sp³-hybridized carbons (Fsp3) is 0.345. The number of aryl methyl sites for hydroxylation is 1. The molecule has 0 saturated heterocycles. The van der Waals surface area contributed by atoms with Crippen molar-refractivity contribution < 1.29 is 14.4 Å². The van der Waals surface area contributed by atoms with E-state index >= 15 is 0 Å². The molecule has 1 aliphatic carbocycles. The van der Waals surface area contributed by atoms with Gasteiger partial charge in [0.15, 0.2) is 5.82 Å². The fourth-order valence-electron chi connectivity index (χ4n) is 5.57. The summed E-state index contributed by atoms with van der Waals surface area (Å²) in [6, 6.07) is 14.0. The molecule has 2 aromatic heterocycles. The van der Waals surface area contributed by atoms with Crippen LogP contribution < -0.4 is 0 Å². The second-order valence-corrected chi connectivity index (χ2v) is 9.12. The molecule has 0 spiro atoms. The predicted molar refractivity (Wildman–Crippen MR) is 138 cm³/mol. The first-order chi connectivity index (χ1) is 17.1. The van der Waals surface area contributed by atoms with Crippen molar-refractivity contribution in [1.29, 1.82) is 0 Å². The summed E-state index contributed by atoms with van der Waals surface area (Å²) in [7, 11) is 0. The Bertz CT molecular complexity index is 1420. The van der Waals surface area contributed by atoms with Crippen molar-refractivity contribution in [3.05, 3.63) is 70.9 Å². The van der Waals surface area contributed by atoms with E-state index in [9.17, 15) is 9.90 Å². The lowest BCUT2D eigenvalue weighted by atomic mass is 9.81. The molecule has 35 heavy (non-hydrogen) atoms. The van der Waals surface area contributed by atoms with E-state index in [1.165, 1.54) is 30.5 Å². The molecular weight excluding hydrogens is 438 g/mol. The maximum absolute atomic E-state index is 11.8. The lowest BCUT2D eigenvalue weighted by Crippen LogP contribution is -2.07. The lowest BCUT2D eigenvalue weighted by Gasteiger charge is -2.24. The Labute approximate surface area is 205 Å².